The normalized spacial score (nSPS) is 30.6. The maximum Gasteiger partial charge on any atom is 0.201 e. The molecule has 30 heavy (non-hydrogen) atoms. The number of hydrogen-bond acceptors (Lipinski definition) is 9. The first-order chi connectivity index (χ1) is 14.3. The van der Waals surface area contributed by atoms with Gasteiger partial charge in [0.25, 0.3) is 0 Å². The van der Waals surface area contributed by atoms with Crippen molar-refractivity contribution in [1.82, 2.24) is 0 Å². The third kappa shape index (κ3) is 2.99. The van der Waals surface area contributed by atoms with Crippen LogP contribution in [0.2, 0.25) is 0 Å². The Morgan fingerprint density at radius 1 is 0.867 bits per heavy atom. The molecule has 0 amide bonds. The van der Waals surface area contributed by atoms with Gasteiger partial charge in [-0.1, -0.05) is 18.2 Å². The van der Waals surface area contributed by atoms with Crippen molar-refractivity contribution in [3.8, 4) is 11.5 Å². The molecule has 1 aliphatic carbocycles. The first-order valence-electron chi connectivity index (χ1n) is 9.43. The number of ketones is 1. The maximum atomic E-state index is 13.1. The number of benzene rings is 2. The second-order valence-corrected chi connectivity index (χ2v) is 7.58. The van der Waals surface area contributed by atoms with Gasteiger partial charge in [-0.15, -0.1) is 0 Å². The molecule has 0 aromatic heterocycles. The zero-order chi connectivity index (χ0) is 21.7. The molecular formula is C21H22O9. The van der Waals surface area contributed by atoms with Gasteiger partial charge < -0.3 is 40.5 Å². The molecule has 9 nitrogen and oxygen atoms in total. The van der Waals surface area contributed by atoms with Crippen LogP contribution < -0.4 is 0 Å². The van der Waals surface area contributed by atoms with Crippen LogP contribution in [0.25, 0.3) is 0 Å². The zero-order valence-electron chi connectivity index (χ0n) is 15.7. The second-order valence-electron chi connectivity index (χ2n) is 7.58. The molecule has 0 radical (unpaired) electrons. The minimum Gasteiger partial charge on any atom is -0.507 e. The largest absolute Gasteiger partial charge is 0.507 e. The fourth-order valence-electron chi connectivity index (χ4n) is 4.41. The van der Waals surface area contributed by atoms with E-state index in [0.717, 1.165) is 0 Å². The first-order valence-corrected chi connectivity index (χ1v) is 9.43. The van der Waals surface area contributed by atoms with Gasteiger partial charge in [0.15, 0.2) is 0 Å². The van der Waals surface area contributed by atoms with Crippen LogP contribution in [0.15, 0.2) is 30.3 Å². The Hall–Kier alpha value is -2.53. The van der Waals surface area contributed by atoms with Crippen molar-refractivity contribution in [2.45, 2.75) is 43.0 Å². The lowest BCUT2D eigenvalue weighted by atomic mass is 9.71. The van der Waals surface area contributed by atoms with E-state index in [1.165, 1.54) is 24.3 Å². The molecule has 1 aliphatic heterocycles. The third-order valence-electron chi connectivity index (χ3n) is 5.85. The summed E-state index contributed by atoms with van der Waals surface area (Å²) in [6.07, 6.45) is -7.22. The van der Waals surface area contributed by atoms with Gasteiger partial charge >= 0.3 is 0 Å². The molecule has 2 aliphatic rings. The predicted octanol–water partition coefficient (Wildman–Crippen LogP) is -0.891. The van der Waals surface area contributed by atoms with E-state index in [-0.39, 0.29) is 28.0 Å². The van der Waals surface area contributed by atoms with Crippen molar-refractivity contribution in [3.63, 3.8) is 0 Å². The third-order valence-corrected chi connectivity index (χ3v) is 5.85. The number of rotatable bonds is 3. The number of fused-ring (bicyclic) bond motifs is 2. The minimum atomic E-state index is -1.64. The zero-order valence-corrected chi connectivity index (χ0v) is 15.7. The topological polar surface area (TPSA) is 168 Å². The molecular weight excluding hydrogens is 396 g/mol. The summed E-state index contributed by atoms with van der Waals surface area (Å²) < 4.78 is 5.73. The van der Waals surface area contributed by atoms with Crippen molar-refractivity contribution in [2.24, 2.45) is 0 Å². The van der Waals surface area contributed by atoms with Gasteiger partial charge in [0, 0.05) is 5.92 Å². The van der Waals surface area contributed by atoms with Crippen LogP contribution in [-0.4, -0.2) is 78.7 Å². The molecule has 0 spiro atoms. The minimum absolute atomic E-state index is 0.0843. The van der Waals surface area contributed by atoms with E-state index in [1.54, 1.807) is 6.07 Å². The average Bonchev–Trinajstić information content (AvgIpc) is 2.73. The summed E-state index contributed by atoms with van der Waals surface area (Å²) in [6.45, 7) is -1.06. The molecule has 1 fully saturated rings. The number of phenolic OH excluding ortho intramolecular Hbond substituents is 2. The van der Waals surface area contributed by atoms with Crippen molar-refractivity contribution < 1.29 is 45.3 Å². The molecule has 6 atom stereocenters. The molecule has 0 unspecified atom stereocenters. The molecule has 0 bridgehead atoms. The highest BCUT2D eigenvalue weighted by molar-refractivity contribution is 6.16. The fourth-order valence-corrected chi connectivity index (χ4v) is 4.41. The van der Waals surface area contributed by atoms with Gasteiger partial charge in [0.1, 0.15) is 35.9 Å². The molecule has 1 saturated heterocycles. The molecule has 0 saturated carbocycles. The molecule has 9 heteroatoms. The van der Waals surface area contributed by atoms with E-state index < -0.39 is 61.2 Å². The van der Waals surface area contributed by atoms with Crippen molar-refractivity contribution in [3.05, 3.63) is 58.1 Å². The number of carbonyl (C=O) groups is 1. The van der Waals surface area contributed by atoms with Crippen LogP contribution in [0.3, 0.4) is 0 Å². The highest BCUT2D eigenvalue weighted by Gasteiger charge is 2.50. The SMILES string of the molecule is O=C1c2c(O)cccc2[C@@H]([C@@H]2O[C@H](CO)[C@@H](O)[C@@H](O)[C@@H]2O)c2cc(CO)cc(O)c21. The van der Waals surface area contributed by atoms with E-state index in [2.05, 4.69) is 0 Å². The highest BCUT2D eigenvalue weighted by atomic mass is 16.5. The molecule has 7 N–H and O–H groups in total. The lowest BCUT2D eigenvalue weighted by molar-refractivity contribution is -0.232. The molecule has 2 aromatic carbocycles. The van der Waals surface area contributed by atoms with Crippen molar-refractivity contribution in [1.29, 1.82) is 0 Å². The number of aliphatic hydroxyl groups excluding tert-OH is 5. The Balaban J connectivity index is 1.96. The van der Waals surface area contributed by atoms with Crippen LogP contribution in [0.4, 0.5) is 0 Å². The summed E-state index contributed by atoms with van der Waals surface area (Å²) in [6, 6.07) is 7.06. The number of carbonyl (C=O) groups excluding carboxylic acids is 1. The first kappa shape index (κ1) is 20.7. The van der Waals surface area contributed by atoms with E-state index in [4.69, 9.17) is 4.74 Å². The van der Waals surface area contributed by atoms with Crippen LogP contribution in [0, 0.1) is 0 Å². The van der Waals surface area contributed by atoms with E-state index in [9.17, 15) is 40.5 Å². The Bertz CT molecular complexity index is 987. The molecule has 4 rings (SSSR count). The van der Waals surface area contributed by atoms with Crippen LogP contribution in [-0.2, 0) is 11.3 Å². The van der Waals surface area contributed by atoms with Gasteiger partial charge in [0.05, 0.1) is 30.4 Å². The second kappa shape index (κ2) is 7.62. The van der Waals surface area contributed by atoms with Crippen LogP contribution in [0.1, 0.15) is 38.5 Å². The maximum absolute atomic E-state index is 13.1. The average molecular weight is 418 g/mol. The number of aliphatic hydroxyl groups is 5. The standard InChI is InChI=1S/C21H22O9/c22-6-8-4-10-14(21-20(29)19(28)17(26)13(7-23)30-21)9-2-1-3-11(24)15(9)18(27)16(10)12(25)5-8/h1-5,13-14,17,19-26,28-29H,6-7H2/t13-,14-,17-,19-,20+,21+/m1/s1. The Labute approximate surface area is 171 Å². The molecule has 2 aromatic rings. The summed E-state index contributed by atoms with van der Waals surface area (Å²) in [4.78, 5) is 13.1. The van der Waals surface area contributed by atoms with Gasteiger partial charge in [-0.3, -0.25) is 4.79 Å². The Morgan fingerprint density at radius 3 is 2.23 bits per heavy atom. The van der Waals surface area contributed by atoms with Gasteiger partial charge in [-0.2, -0.15) is 0 Å². The van der Waals surface area contributed by atoms with Crippen molar-refractivity contribution in [2.75, 3.05) is 6.61 Å². The Kier molecular flexibility index (Phi) is 5.27. The number of aromatic hydroxyl groups is 2. The van der Waals surface area contributed by atoms with Gasteiger partial charge in [-0.25, -0.2) is 0 Å². The summed E-state index contributed by atoms with van der Waals surface area (Å²) in [7, 11) is 0. The predicted molar refractivity (Wildman–Crippen MR) is 101 cm³/mol. The van der Waals surface area contributed by atoms with Crippen LogP contribution >= 0.6 is 0 Å². The van der Waals surface area contributed by atoms with E-state index >= 15 is 0 Å². The molecule has 160 valence electrons. The monoisotopic (exact) mass is 418 g/mol. The number of phenols is 2. The number of hydrogen-bond donors (Lipinski definition) is 7. The lowest BCUT2D eigenvalue weighted by Crippen LogP contribution is -2.60. The Morgan fingerprint density at radius 2 is 1.57 bits per heavy atom. The van der Waals surface area contributed by atoms with Gasteiger partial charge in [0.2, 0.25) is 5.78 Å². The summed E-state index contributed by atoms with van der Waals surface area (Å²) in [5, 5.41) is 71.0. The smallest absolute Gasteiger partial charge is 0.201 e. The van der Waals surface area contributed by atoms with Crippen molar-refractivity contribution >= 4 is 5.78 Å². The summed E-state index contributed by atoms with van der Waals surface area (Å²) in [5.41, 5.74) is 0.609. The lowest BCUT2D eigenvalue weighted by Gasteiger charge is -2.45. The fraction of sp³-hybridized carbons (Fsp3) is 0.381. The summed E-state index contributed by atoms with van der Waals surface area (Å²) in [5.74, 6) is -2.34. The number of ether oxygens (including phenoxy) is 1. The quantitative estimate of drug-likeness (QED) is 0.334. The van der Waals surface area contributed by atoms with E-state index in [1.807, 2.05) is 0 Å². The van der Waals surface area contributed by atoms with Crippen LogP contribution in [0.5, 0.6) is 11.5 Å². The van der Waals surface area contributed by atoms with E-state index in [0.29, 0.717) is 5.56 Å². The van der Waals surface area contributed by atoms with Gasteiger partial charge in [-0.05, 0) is 28.8 Å². The highest BCUT2D eigenvalue weighted by Crippen LogP contribution is 2.47. The summed E-state index contributed by atoms with van der Waals surface area (Å²) >= 11 is 0. The molecule has 1 heterocycles.